The summed E-state index contributed by atoms with van der Waals surface area (Å²) in [5.41, 5.74) is 0.733. The van der Waals surface area contributed by atoms with Crippen molar-refractivity contribution >= 4 is 11.6 Å². The Morgan fingerprint density at radius 3 is 3.00 bits per heavy atom. The highest BCUT2D eigenvalue weighted by Gasteiger charge is 2.29. The van der Waals surface area contributed by atoms with Crippen LogP contribution in [0, 0.1) is 0 Å². The van der Waals surface area contributed by atoms with Crippen LogP contribution in [0.5, 0.6) is 0 Å². The summed E-state index contributed by atoms with van der Waals surface area (Å²) in [5.74, 6) is -0.914. The molecule has 0 amide bonds. The Balaban J connectivity index is 2.36. The van der Waals surface area contributed by atoms with Crippen LogP contribution in [0.1, 0.15) is 11.8 Å². The molecule has 2 atom stereocenters. The van der Waals surface area contributed by atoms with Crippen LogP contribution in [0.15, 0.2) is 24.5 Å². The van der Waals surface area contributed by atoms with E-state index in [0.717, 1.165) is 7.11 Å². The molecule has 2 rings (SSSR count). The van der Waals surface area contributed by atoms with Crippen molar-refractivity contribution in [2.24, 2.45) is 0 Å². The fourth-order valence-electron chi connectivity index (χ4n) is 1.46. The van der Waals surface area contributed by atoms with Crippen LogP contribution in [0.4, 0.5) is 0 Å². The topological polar surface area (TPSA) is 97.0 Å². The molecule has 0 aliphatic carbocycles. The molecule has 0 saturated carbocycles. The molecule has 0 spiro atoms. The first-order valence-electron chi connectivity index (χ1n) is 4.87. The molecule has 7 heteroatoms. The van der Waals surface area contributed by atoms with E-state index in [1.54, 1.807) is 12.1 Å². The van der Waals surface area contributed by atoms with Crippen LogP contribution in [0.2, 0.25) is 0 Å². The Morgan fingerprint density at radius 1 is 1.53 bits per heavy atom. The molecule has 0 bridgehead atoms. The Bertz CT molecular complexity index is 539. The summed E-state index contributed by atoms with van der Waals surface area (Å²) < 4.78 is 5.69. The van der Waals surface area contributed by atoms with Crippen molar-refractivity contribution in [1.82, 2.24) is 14.6 Å². The highest BCUT2D eigenvalue weighted by molar-refractivity contribution is 5.75. The molecule has 0 saturated heterocycles. The van der Waals surface area contributed by atoms with Crippen molar-refractivity contribution in [3.05, 3.63) is 30.2 Å². The molecule has 90 valence electrons. The lowest BCUT2D eigenvalue weighted by atomic mass is 10.1. The van der Waals surface area contributed by atoms with E-state index in [2.05, 4.69) is 14.8 Å². The van der Waals surface area contributed by atoms with Crippen LogP contribution in [0.25, 0.3) is 5.65 Å². The van der Waals surface area contributed by atoms with E-state index < -0.39 is 18.2 Å². The molecule has 2 unspecified atom stereocenters. The quantitative estimate of drug-likeness (QED) is 0.685. The van der Waals surface area contributed by atoms with Crippen molar-refractivity contribution in [2.75, 3.05) is 7.11 Å². The summed E-state index contributed by atoms with van der Waals surface area (Å²) in [6, 6.07) is 3.38. The predicted octanol–water partition coefficient (Wildman–Crippen LogP) is -0.703. The van der Waals surface area contributed by atoms with Gasteiger partial charge < -0.3 is 14.9 Å². The van der Waals surface area contributed by atoms with Crippen molar-refractivity contribution in [1.29, 1.82) is 0 Å². The summed E-state index contributed by atoms with van der Waals surface area (Å²) in [6.07, 6.45) is -0.247. The maximum atomic E-state index is 11.1. The van der Waals surface area contributed by atoms with Crippen molar-refractivity contribution < 1.29 is 19.7 Å². The summed E-state index contributed by atoms with van der Waals surface area (Å²) in [5, 5.41) is 23.3. The number of methoxy groups -OCH3 is 1. The average Bonchev–Trinajstić information content (AvgIpc) is 2.79. The molecule has 0 aromatic carbocycles. The summed E-state index contributed by atoms with van der Waals surface area (Å²) >= 11 is 0. The number of aliphatic hydroxyl groups excluding tert-OH is 2. The van der Waals surface area contributed by atoms with Gasteiger partial charge in [-0.1, -0.05) is 0 Å². The van der Waals surface area contributed by atoms with Crippen LogP contribution in [0.3, 0.4) is 0 Å². The van der Waals surface area contributed by atoms with Crippen LogP contribution in [-0.4, -0.2) is 44.0 Å². The van der Waals surface area contributed by atoms with Crippen molar-refractivity contribution in [3.8, 4) is 0 Å². The van der Waals surface area contributed by atoms with E-state index in [1.807, 2.05) is 0 Å². The van der Waals surface area contributed by atoms with Gasteiger partial charge in [0.2, 0.25) is 0 Å². The minimum absolute atomic E-state index is 0.221. The third-order valence-corrected chi connectivity index (χ3v) is 2.35. The molecule has 0 aliphatic rings. The minimum atomic E-state index is -1.66. The molecule has 17 heavy (non-hydrogen) atoms. The van der Waals surface area contributed by atoms with Crippen LogP contribution in [-0.2, 0) is 9.53 Å². The number of imidazole rings is 1. The molecule has 0 radical (unpaired) electrons. The molecule has 0 fully saturated rings. The lowest BCUT2D eigenvalue weighted by molar-refractivity contribution is -0.157. The smallest absolute Gasteiger partial charge is 0.337 e. The van der Waals surface area contributed by atoms with Gasteiger partial charge in [-0.25, -0.2) is 14.3 Å². The number of ether oxygens (including phenoxy) is 1. The molecule has 2 aromatic heterocycles. The van der Waals surface area contributed by atoms with Crippen molar-refractivity contribution in [3.63, 3.8) is 0 Å². The second-order valence-corrected chi connectivity index (χ2v) is 3.39. The Kier molecular flexibility index (Phi) is 3.03. The molecule has 7 nitrogen and oxygen atoms in total. The van der Waals surface area contributed by atoms with Crippen LogP contribution < -0.4 is 0 Å². The fourth-order valence-corrected chi connectivity index (χ4v) is 1.46. The van der Waals surface area contributed by atoms with Gasteiger partial charge in [-0.2, -0.15) is 5.10 Å². The fraction of sp³-hybridized carbons (Fsp3) is 0.300. The minimum Gasteiger partial charge on any atom is -0.467 e. The van der Waals surface area contributed by atoms with Crippen molar-refractivity contribution in [2.45, 2.75) is 12.2 Å². The van der Waals surface area contributed by atoms with E-state index in [4.69, 9.17) is 0 Å². The number of hydrogen-bond donors (Lipinski definition) is 2. The lowest BCUT2D eigenvalue weighted by Crippen LogP contribution is -2.29. The third-order valence-electron chi connectivity index (χ3n) is 2.35. The van der Waals surface area contributed by atoms with E-state index >= 15 is 0 Å². The van der Waals surface area contributed by atoms with Gasteiger partial charge in [0.25, 0.3) is 0 Å². The highest BCUT2D eigenvalue weighted by atomic mass is 16.5. The molecule has 2 heterocycles. The number of rotatable bonds is 3. The molecule has 2 aromatic rings. The van der Waals surface area contributed by atoms with Gasteiger partial charge >= 0.3 is 5.97 Å². The van der Waals surface area contributed by atoms with E-state index in [-0.39, 0.29) is 5.69 Å². The standard InChI is InChI=1S/C10H11N3O4/c1-17-10(16)9(15)8(14)6-5-11-7-3-2-4-12-13(6)7/h2-5,8-9,14-15H,1H3. The van der Waals surface area contributed by atoms with Gasteiger partial charge in [-0.15, -0.1) is 0 Å². The monoisotopic (exact) mass is 237 g/mol. The van der Waals surface area contributed by atoms with Gasteiger partial charge in [-0.3, -0.25) is 0 Å². The first kappa shape index (κ1) is 11.5. The molecule has 2 N–H and O–H groups in total. The average molecular weight is 237 g/mol. The number of aromatic nitrogens is 3. The van der Waals surface area contributed by atoms with E-state index in [1.165, 1.54) is 16.9 Å². The first-order chi connectivity index (χ1) is 8.15. The van der Waals surface area contributed by atoms with Gasteiger partial charge in [0.1, 0.15) is 6.10 Å². The zero-order chi connectivity index (χ0) is 12.4. The SMILES string of the molecule is COC(=O)C(O)C(O)c1cnc2cccnn12. The maximum absolute atomic E-state index is 11.1. The normalized spacial score (nSPS) is 14.5. The summed E-state index contributed by atoms with van der Waals surface area (Å²) in [6.45, 7) is 0. The van der Waals surface area contributed by atoms with Crippen LogP contribution >= 0.6 is 0 Å². The Hall–Kier alpha value is -1.99. The second-order valence-electron chi connectivity index (χ2n) is 3.39. The zero-order valence-corrected chi connectivity index (χ0v) is 9.02. The molecule has 0 aliphatic heterocycles. The molecular formula is C10H11N3O4. The number of nitrogens with zero attached hydrogens (tertiary/aromatic N) is 3. The third kappa shape index (κ3) is 1.97. The lowest BCUT2D eigenvalue weighted by Gasteiger charge is -2.14. The zero-order valence-electron chi connectivity index (χ0n) is 9.02. The number of esters is 1. The van der Waals surface area contributed by atoms with Gasteiger partial charge in [0.15, 0.2) is 11.8 Å². The first-order valence-corrected chi connectivity index (χ1v) is 4.87. The molecular weight excluding hydrogens is 226 g/mol. The number of fused-ring (bicyclic) bond motifs is 1. The number of aliphatic hydroxyl groups is 2. The van der Waals surface area contributed by atoms with Gasteiger partial charge in [0, 0.05) is 6.20 Å². The Labute approximate surface area is 96.3 Å². The van der Waals surface area contributed by atoms with E-state index in [9.17, 15) is 15.0 Å². The number of carbonyl (C=O) groups excluding carboxylic acids is 1. The highest BCUT2D eigenvalue weighted by Crippen LogP contribution is 2.18. The number of hydrogen-bond acceptors (Lipinski definition) is 6. The largest absolute Gasteiger partial charge is 0.467 e. The number of carbonyl (C=O) groups is 1. The predicted molar refractivity (Wildman–Crippen MR) is 56.0 cm³/mol. The maximum Gasteiger partial charge on any atom is 0.337 e. The second kappa shape index (κ2) is 4.48. The van der Waals surface area contributed by atoms with Gasteiger partial charge in [-0.05, 0) is 12.1 Å². The Morgan fingerprint density at radius 2 is 2.29 bits per heavy atom. The van der Waals surface area contributed by atoms with Gasteiger partial charge in [0.05, 0.1) is 19.0 Å². The van der Waals surface area contributed by atoms with E-state index in [0.29, 0.717) is 5.65 Å². The summed E-state index contributed by atoms with van der Waals surface area (Å²) in [4.78, 5) is 15.1. The summed E-state index contributed by atoms with van der Waals surface area (Å²) in [7, 11) is 1.13.